The molecule has 8 heteroatoms. The van der Waals surface area contributed by atoms with E-state index in [1.807, 2.05) is 0 Å². The van der Waals surface area contributed by atoms with Crippen molar-refractivity contribution >= 4 is 41.0 Å². The second-order valence-corrected chi connectivity index (χ2v) is 7.68. The van der Waals surface area contributed by atoms with E-state index in [0.717, 1.165) is 6.42 Å². The molecular weight excluding hydrogens is 379 g/mol. The minimum atomic E-state index is -0.824. The van der Waals surface area contributed by atoms with Gasteiger partial charge in [0.15, 0.2) is 0 Å². The minimum Gasteiger partial charge on any atom is -0.481 e. The highest BCUT2D eigenvalue weighted by Gasteiger charge is 2.37. The van der Waals surface area contributed by atoms with Crippen LogP contribution in [0.1, 0.15) is 42.5 Å². The van der Waals surface area contributed by atoms with Crippen LogP contribution in [0.3, 0.4) is 0 Å². The van der Waals surface area contributed by atoms with Gasteiger partial charge in [0.25, 0.3) is 5.91 Å². The van der Waals surface area contributed by atoms with Gasteiger partial charge in [0.05, 0.1) is 16.5 Å². The summed E-state index contributed by atoms with van der Waals surface area (Å²) in [7, 11) is 0. The van der Waals surface area contributed by atoms with Crippen molar-refractivity contribution in [2.75, 3.05) is 6.54 Å². The number of hydrogen-bond donors (Lipinski definition) is 2. The lowest BCUT2D eigenvalue weighted by Gasteiger charge is -2.26. The summed E-state index contributed by atoms with van der Waals surface area (Å²) in [5, 5.41) is 12.7. The molecule has 26 heavy (non-hydrogen) atoms. The Kier molecular flexibility index (Phi) is 5.73. The highest BCUT2D eigenvalue weighted by molar-refractivity contribution is 6.35. The van der Waals surface area contributed by atoms with Crippen molar-refractivity contribution in [3.05, 3.63) is 33.8 Å². The van der Waals surface area contributed by atoms with Gasteiger partial charge in [0.1, 0.15) is 6.04 Å². The molecule has 0 aromatic heterocycles. The van der Waals surface area contributed by atoms with E-state index in [-0.39, 0.29) is 23.4 Å². The maximum atomic E-state index is 12.8. The Morgan fingerprint density at radius 2 is 1.92 bits per heavy atom. The van der Waals surface area contributed by atoms with Gasteiger partial charge >= 0.3 is 5.97 Å². The molecule has 0 bridgehead atoms. The third kappa shape index (κ3) is 3.96. The topological polar surface area (TPSA) is 86.7 Å². The Labute approximate surface area is 161 Å². The van der Waals surface area contributed by atoms with Crippen LogP contribution in [0.2, 0.25) is 10.0 Å². The molecule has 0 spiro atoms. The number of nitrogens with zero attached hydrogens (tertiary/aromatic N) is 1. The van der Waals surface area contributed by atoms with E-state index >= 15 is 0 Å². The summed E-state index contributed by atoms with van der Waals surface area (Å²) in [5.41, 5.74) is 0.283. The van der Waals surface area contributed by atoms with Crippen LogP contribution in [0.25, 0.3) is 0 Å². The van der Waals surface area contributed by atoms with Crippen LogP contribution in [0.5, 0.6) is 0 Å². The number of aliphatic carboxylic acids is 1. The van der Waals surface area contributed by atoms with Crippen LogP contribution in [0.4, 0.5) is 0 Å². The molecule has 2 N–H and O–H groups in total. The lowest BCUT2D eigenvalue weighted by Crippen LogP contribution is -2.48. The number of nitrogens with one attached hydrogen (secondary N) is 1. The van der Waals surface area contributed by atoms with Gasteiger partial charge in [-0.3, -0.25) is 14.4 Å². The number of halogens is 2. The third-order valence-corrected chi connectivity index (χ3v) is 5.67. The van der Waals surface area contributed by atoms with Crippen molar-refractivity contribution in [1.82, 2.24) is 10.2 Å². The van der Waals surface area contributed by atoms with Crippen molar-refractivity contribution in [2.45, 2.75) is 44.2 Å². The van der Waals surface area contributed by atoms with Crippen LogP contribution in [0.15, 0.2) is 18.2 Å². The van der Waals surface area contributed by atoms with Crippen LogP contribution < -0.4 is 5.32 Å². The molecule has 1 aromatic carbocycles. The molecule has 1 saturated heterocycles. The molecule has 3 atom stereocenters. The van der Waals surface area contributed by atoms with E-state index in [1.54, 1.807) is 12.1 Å². The van der Waals surface area contributed by atoms with Gasteiger partial charge in [0.2, 0.25) is 5.91 Å². The lowest BCUT2D eigenvalue weighted by molar-refractivity contribution is -0.141. The molecule has 1 aliphatic carbocycles. The first-order chi connectivity index (χ1) is 12.4. The standard InChI is InChI=1S/C18H20Cl2N2O4/c19-11-4-6-14(20)13(9-11)17(24)22-7-1-2-15(22)16(23)21-12-5-3-10(8-12)18(25)26/h4,6,9-10,12,15H,1-3,5,7-8H2,(H,21,23)(H,25,26)/t10-,12+,15?/m0/s1. The third-order valence-electron chi connectivity index (χ3n) is 5.10. The number of carbonyl (C=O) groups excluding carboxylic acids is 2. The lowest BCUT2D eigenvalue weighted by atomic mass is 10.1. The molecule has 1 aromatic rings. The van der Waals surface area contributed by atoms with Crippen molar-refractivity contribution < 1.29 is 19.5 Å². The number of carboxylic acids is 1. The second kappa shape index (κ2) is 7.84. The number of hydrogen-bond acceptors (Lipinski definition) is 3. The summed E-state index contributed by atoms with van der Waals surface area (Å²) in [4.78, 5) is 38.1. The molecule has 2 fully saturated rings. The number of benzene rings is 1. The van der Waals surface area contributed by atoms with Gasteiger partial charge in [0, 0.05) is 17.6 Å². The Morgan fingerprint density at radius 3 is 2.62 bits per heavy atom. The summed E-state index contributed by atoms with van der Waals surface area (Å²) >= 11 is 12.1. The fourth-order valence-corrected chi connectivity index (χ4v) is 4.10. The van der Waals surface area contributed by atoms with E-state index in [2.05, 4.69) is 5.32 Å². The Morgan fingerprint density at radius 1 is 1.15 bits per heavy atom. The summed E-state index contributed by atoms with van der Waals surface area (Å²) in [6.45, 7) is 0.474. The normalized spacial score (nSPS) is 25.3. The summed E-state index contributed by atoms with van der Waals surface area (Å²) in [6.07, 6.45) is 2.94. The molecule has 2 aliphatic rings. The Balaban J connectivity index is 1.68. The van der Waals surface area contributed by atoms with Crippen LogP contribution >= 0.6 is 23.2 Å². The van der Waals surface area contributed by atoms with Crippen molar-refractivity contribution in [1.29, 1.82) is 0 Å². The van der Waals surface area contributed by atoms with E-state index in [9.17, 15) is 14.4 Å². The average molecular weight is 399 g/mol. The van der Waals surface area contributed by atoms with E-state index in [0.29, 0.717) is 42.3 Å². The van der Waals surface area contributed by atoms with E-state index in [1.165, 1.54) is 11.0 Å². The van der Waals surface area contributed by atoms with Crippen LogP contribution in [-0.2, 0) is 9.59 Å². The van der Waals surface area contributed by atoms with Crippen molar-refractivity contribution in [2.24, 2.45) is 5.92 Å². The summed E-state index contributed by atoms with van der Waals surface area (Å²) < 4.78 is 0. The maximum absolute atomic E-state index is 12.8. The quantitative estimate of drug-likeness (QED) is 0.815. The van der Waals surface area contributed by atoms with Gasteiger partial charge in [-0.05, 0) is 50.3 Å². The highest BCUT2D eigenvalue weighted by atomic mass is 35.5. The Bertz CT molecular complexity index is 740. The zero-order chi connectivity index (χ0) is 18.8. The molecule has 1 unspecified atom stereocenters. The molecule has 6 nitrogen and oxygen atoms in total. The van der Waals surface area contributed by atoms with Gasteiger partial charge in [-0.2, -0.15) is 0 Å². The van der Waals surface area contributed by atoms with Crippen molar-refractivity contribution in [3.63, 3.8) is 0 Å². The smallest absolute Gasteiger partial charge is 0.306 e. The zero-order valence-corrected chi connectivity index (χ0v) is 15.6. The minimum absolute atomic E-state index is 0.157. The molecule has 1 saturated carbocycles. The number of likely N-dealkylation sites (tertiary alicyclic amines) is 1. The highest BCUT2D eigenvalue weighted by Crippen LogP contribution is 2.28. The first-order valence-electron chi connectivity index (χ1n) is 8.66. The Hall–Kier alpha value is -1.79. The largest absolute Gasteiger partial charge is 0.481 e. The van der Waals surface area contributed by atoms with Gasteiger partial charge < -0.3 is 15.3 Å². The molecule has 3 rings (SSSR count). The molecule has 140 valence electrons. The number of rotatable bonds is 4. The van der Waals surface area contributed by atoms with Gasteiger partial charge in [-0.25, -0.2) is 0 Å². The van der Waals surface area contributed by atoms with Crippen LogP contribution in [-0.4, -0.2) is 46.4 Å². The number of amides is 2. The second-order valence-electron chi connectivity index (χ2n) is 6.83. The average Bonchev–Trinajstić information content (AvgIpc) is 3.25. The first-order valence-corrected chi connectivity index (χ1v) is 9.41. The zero-order valence-electron chi connectivity index (χ0n) is 14.1. The predicted molar refractivity (Wildman–Crippen MR) is 97.4 cm³/mol. The molecule has 2 amide bonds. The molecule has 1 aliphatic heterocycles. The van der Waals surface area contributed by atoms with Crippen molar-refractivity contribution in [3.8, 4) is 0 Å². The molecular formula is C18H20Cl2N2O4. The molecule has 1 heterocycles. The first kappa shape index (κ1) is 19.0. The monoisotopic (exact) mass is 398 g/mol. The summed E-state index contributed by atoms with van der Waals surface area (Å²) in [6, 6.07) is 3.95. The number of carboxylic acid groups (broad SMARTS) is 1. The van der Waals surface area contributed by atoms with Gasteiger partial charge in [-0.15, -0.1) is 0 Å². The fourth-order valence-electron chi connectivity index (χ4n) is 3.73. The van der Waals surface area contributed by atoms with E-state index < -0.39 is 17.9 Å². The maximum Gasteiger partial charge on any atom is 0.306 e. The van der Waals surface area contributed by atoms with Gasteiger partial charge in [-0.1, -0.05) is 23.2 Å². The predicted octanol–water partition coefficient (Wildman–Crippen LogP) is 2.97. The van der Waals surface area contributed by atoms with E-state index in [4.69, 9.17) is 28.3 Å². The molecule has 0 radical (unpaired) electrons. The summed E-state index contributed by atoms with van der Waals surface area (Å²) in [5.74, 6) is -1.78. The SMILES string of the molecule is O=C(N[C@@H]1CC[C@H](C(=O)O)C1)C1CCCN1C(=O)c1cc(Cl)ccc1Cl. The fraction of sp³-hybridized carbons (Fsp3) is 0.500. The van der Waals surface area contributed by atoms with Crippen LogP contribution in [0, 0.1) is 5.92 Å². The number of carbonyl (C=O) groups is 3.